The van der Waals surface area contributed by atoms with Crippen molar-refractivity contribution < 1.29 is 28.6 Å². The van der Waals surface area contributed by atoms with Crippen molar-refractivity contribution in [1.82, 2.24) is 20.1 Å². The Morgan fingerprint density at radius 2 is 1.81 bits per heavy atom. The maximum Gasteiger partial charge on any atom is 0.259 e. The zero-order chi connectivity index (χ0) is 29.5. The van der Waals surface area contributed by atoms with Crippen molar-refractivity contribution in [2.45, 2.75) is 45.4 Å². The van der Waals surface area contributed by atoms with Gasteiger partial charge in [0.15, 0.2) is 0 Å². The van der Waals surface area contributed by atoms with Gasteiger partial charge in [-0.15, -0.1) is 0 Å². The van der Waals surface area contributed by atoms with Crippen LogP contribution in [0, 0.1) is 0 Å². The summed E-state index contributed by atoms with van der Waals surface area (Å²) in [7, 11) is 0. The highest BCUT2D eigenvalue weighted by Crippen LogP contribution is 2.26. The summed E-state index contributed by atoms with van der Waals surface area (Å²) in [4.78, 5) is 47.4. The Hall–Kier alpha value is -4.44. The summed E-state index contributed by atoms with van der Waals surface area (Å²) in [5.41, 5.74) is 2.08. The topological polar surface area (TPSA) is 110 Å². The molecule has 10 nitrogen and oxygen atoms in total. The lowest BCUT2D eigenvalue weighted by Gasteiger charge is -2.39. The van der Waals surface area contributed by atoms with Gasteiger partial charge in [0.2, 0.25) is 17.7 Å². The van der Waals surface area contributed by atoms with Crippen LogP contribution >= 0.6 is 0 Å². The van der Waals surface area contributed by atoms with Crippen molar-refractivity contribution in [1.29, 1.82) is 0 Å². The Morgan fingerprint density at radius 1 is 1.05 bits per heavy atom. The molecule has 3 heterocycles. The number of nitrogens with one attached hydrogen (secondary N) is 1. The van der Waals surface area contributed by atoms with Gasteiger partial charge in [0, 0.05) is 25.8 Å². The number of amides is 3. The first-order valence-corrected chi connectivity index (χ1v) is 14.3. The Kier molecular flexibility index (Phi) is 9.33. The molecule has 5 rings (SSSR count). The largest absolute Gasteiger partial charge is 0.477 e. The number of carbonyl (C=O) groups is 3. The Balaban J connectivity index is 1.40. The molecule has 2 aromatic carbocycles. The van der Waals surface area contributed by atoms with Crippen molar-refractivity contribution in [3.63, 3.8) is 0 Å². The number of hydrogen-bond donors (Lipinski definition) is 1. The molecule has 42 heavy (non-hydrogen) atoms. The third-order valence-corrected chi connectivity index (χ3v) is 7.39. The van der Waals surface area contributed by atoms with Crippen molar-refractivity contribution in [3.8, 4) is 17.4 Å². The van der Waals surface area contributed by atoms with E-state index in [0.29, 0.717) is 49.8 Å². The summed E-state index contributed by atoms with van der Waals surface area (Å²) >= 11 is 0. The molecule has 0 spiro atoms. The molecule has 0 unspecified atom stereocenters. The van der Waals surface area contributed by atoms with Crippen LogP contribution in [0.5, 0.6) is 17.4 Å². The van der Waals surface area contributed by atoms with E-state index in [0.717, 1.165) is 11.1 Å². The molecule has 0 aliphatic carbocycles. The Labute approximate surface area is 245 Å². The summed E-state index contributed by atoms with van der Waals surface area (Å²) in [5.74, 6) is 0.875. The second-order valence-electron chi connectivity index (χ2n) is 10.3. The molecule has 0 saturated carbocycles. The van der Waals surface area contributed by atoms with Crippen LogP contribution in [-0.4, -0.2) is 77.4 Å². The Bertz CT molecular complexity index is 1430. The summed E-state index contributed by atoms with van der Waals surface area (Å²) in [5, 5.41) is 3.06. The van der Waals surface area contributed by atoms with Crippen molar-refractivity contribution >= 4 is 17.7 Å². The third kappa shape index (κ3) is 7.06. The number of pyridine rings is 1. The summed E-state index contributed by atoms with van der Waals surface area (Å²) in [6.07, 6.45) is 1.89. The lowest BCUT2D eigenvalue weighted by Crippen LogP contribution is -2.58. The minimum absolute atomic E-state index is 0.0967. The van der Waals surface area contributed by atoms with Crippen LogP contribution < -0.4 is 14.8 Å². The second-order valence-corrected chi connectivity index (χ2v) is 10.3. The van der Waals surface area contributed by atoms with Crippen molar-refractivity contribution in [3.05, 3.63) is 83.6 Å². The molecule has 1 aromatic heterocycles. The van der Waals surface area contributed by atoms with E-state index in [1.807, 2.05) is 62.4 Å². The zero-order valence-corrected chi connectivity index (χ0v) is 24.0. The fraction of sp³-hybridized carbons (Fsp3) is 0.375. The number of hydrogen-bond acceptors (Lipinski definition) is 7. The van der Waals surface area contributed by atoms with Gasteiger partial charge >= 0.3 is 0 Å². The fourth-order valence-corrected chi connectivity index (χ4v) is 5.27. The van der Waals surface area contributed by atoms with E-state index < -0.39 is 6.04 Å². The highest BCUT2D eigenvalue weighted by atomic mass is 16.5. The lowest BCUT2D eigenvalue weighted by atomic mass is 10.0. The number of rotatable bonds is 4. The molecule has 3 aromatic rings. The smallest absolute Gasteiger partial charge is 0.259 e. The molecule has 1 fully saturated rings. The molecule has 2 aliphatic rings. The number of piperidine rings is 1. The highest BCUT2D eigenvalue weighted by Gasteiger charge is 2.35. The average Bonchev–Trinajstić information content (AvgIpc) is 2.99. The number of likely N-dealkylation sites (tertiary alicyclic amines) is 1. The molecule has 1 saturated heterocycles. The number of aromatic nitrogens is 1. The minimum Gasteiger partial charge on any atom is -0.477 e. The SMILES string of the molecule is CCOc1ncccc1C(=O)N1CC[C@@H]2OCc3cccc(c3)Oc3cccc(c3)CC(=O)N(CC)CC(=O)N[C@H]2C1. The van der Waals surface area contributed by atoms with Crippen molar-refractivity contribution in [2.75, 3.05) is 32.8 Å². The van der Waals surface area contributed by atoms with Gasteiger partial charge < -0.3 is 29.3 Å². The van der Waals surface area contributed by atoms with Crippen LogP contribution in [0.3, 0.4) is 0 Å². The van der Waals surface area contributed by atoms with Gasteiger partial charge in [-0.2, -0.15) is 0 Å². The van der Waals surface area contributed by atoms with E-state index in [2.05, 4.69) is 10.3 Å². The lowest BCUT2D eigenvalue weighted by molar-refractivity contribution is -0.136. The predicted octanol–water partition coefficient (Wildman–Crippen LogP) is 3.59. The van der Waals surface area contributed by atoms with Crippen LogP contribution in [-0.2, 0) is 27.4 Å². The predicted molar refractivity (Wildman–Crippen MR) is 155 cm³/mol. The molecular weight excluding hydrogens is 536 g/mol. The van der Waals surface area contributed by atoms with Crippen LogP contribution in [0.1, 0.15) is 41.8 Å². The van der Waals surface area contributed by atoms with Crippen LogP contribution in [0.4, 0.5) is 0 Å². The monoisotopic (exact) mass is 572 g/mol. The molecule has 2 aliphatic heterocycles. The molecule has 1 N–H and O–H groups in total. The molecule has 10 heteroatoms. The third-order valence-electron chi connectivity index (χ3n) is 7.39. The molecular formula is C32H36N4O6. The van der Waals surface area contributed by atoms with Gasteiger partial charge in [-0.05, 0) is 67.8 Å². The maximum atomic E-state index is 13.5. The standard InChI is InChI=1S/C32H36N4O6/c1-3-35-20-29(37)34-27-19-36(32(39)26-12-7-14-33-31(26)40-4-2)15-13-28(27)41-21-23-9-6-11-25(17-23)42-24-10-5-8-22(16-24)18-30(35)38/h5-12,14,16-17,27-28H,3-4,13,15,18-21H2,1-2H3,(H,34,37)/t27-,28-/m0/s1. The van der Waals surface area contributed by atoms with E-state index in [-0.39, 0.29) is 49.2 Å². The molecule has 4 bridgehead atoms. The van der Waals surface area contributed by atoms with E-state index in [1.165, 1.54) is 4.90 Å². The quantitative estimate of drug-likeness (QED) is 0.509. The van der Waals surface area contributed by atoms with Crippen molar-refractivity contribution in [2.24, 2.45) is 0 Å². The first-order valence-electron chi connectivity index (χ1n) is 14.3. The van der Waals surface area contributed by atoms with E-state index in [1.54, 1.807) is 23.2 Å². The molecule has 220 valence electrons. The second kappa shape index (κ2) is 13.5. The number of ether oxygens (including phenoxy) is 3. The maximum absolute atomic E-state index is 13.5. The van der Waals surface area contributed by atoms with Gasteiger partial charge in [-0.25, -0.2) is 4.98 Å². The molecule has 0 radical (unpaired) electrons. The van der Waals surface area contributed by atoms with Gasteiger partial charge in [-0.1, -0.05) is 24.3 Å². The molecule has 2 atom stereocenters. The van der Waals surface area contributed by atoms with Gasteiger partial charge in [-0.3, -0.25) is 14.4 Å². The average molecular weight is 573 g/mol. The van der Waals surface area contributed by atoms with Crippen LogP contribution in [0.25, 0.3) is 0 Å². The number of benzene rings is 2. The number of fused-ring (bicyclic) bond motifs is 5. The van der Waals surface area contributed by atoms with Crippen LogP contribution in [0.15, 0.2) is 66.9 Å². The highest BCUT2D eigenvalue weighted by molar-refractivity contribution is 5.96. The summed E-state index contributed by atoms with van der Waals surface area (Å²) < 4.78 is 18.0. The van der Waals surface area contributed by atoms with E-state index >= 15 is 0 Å². The zero-order valence-electron chi connectivity index (χ0n) is 24.0. The van der Waals surface area contributed by atoms with E-state index in [9.17, 15) is 14.4 Å². The summed E-state index contributed by atoms with van der Waals surface area (Å²) in [6.45, 7) is 5.33. The minimum atomic E-state index is -0.485. The first kappa shape index (κ1) is 29.1. The fourth-order valence-electron chi connectivity index (χ4n) is 5.27. The number of nitrogens with zero attached hydrogens (tertiary/aromatic N) is 3. The van der Waals surface area contributed by atoms with Crippen LogP contribution in [0.2, 0.25) is 0 Å². The summed E-state index contributed by atoms with van der Waals surface area (Å²) in [6, 6.07) is 18.0. The number of likely N-dealkylation sites (N-methyl/N-ethyl adjacent to an activating group) is 1. The Morgan fingerprint density at radius 3 is 2.57 bits per heavy atom. The normalized spacial score (nSPS) is 19.7. The number of carbonyl (C=O) groups excluding carboxylic acids is 3. The van der Waals surface area contributed by atoms with Gasteiger partial charge in [0.1, 0.15) is 17.1 Å². The van der Waals surface area contributed by atoms with Gasteiger partial charge in [0.25, 0.3) is 5.91 Å². The molecule has 3 amide bonds. The van der Waals surface area contributed by atoms with Gasteiger partial charge in [0.05, 0.1) is 38.3 Å². The first-order chi connectivity index (χ1) is 20.4. The van der Waals surface area contributed by atoms with E-state index in [4.69, 9.17) is 14.2 Å².